The Labute approximate surface area is 115 Å². The molecule has 0 saturated carbocycles. The molecular weight excluding hydrogens is 295 g/mol. The van der Waals surface area contributed by atoms with Crippen molar-refractivity contribution >= 4 is 5.97 Å². The van der Waals surface area contributed by atoms with Crippen molar-refractivity contribution in [1.82, 2.24) is 0 Å². The maximum atomic E-state index is 13.9. The average Bonchev–Trinajstić information content (AvgIpc) is 2.38. The monoisotopic (exact) mass is 302 g/mol. The van der Waals surface area contributed by atoms with E-state index in [1.807, 2.05) is 0 Å². The fourth-order valence-corrected chi connectivity index (χ4v) is 1.82. The minimum absolute atomic E-state index is 0.358. The summed E-state index contributed by atoms with van der Waals surface area (Å²) >= 11 is 0. The van der Waals surface area contributed by atoms with Gasteiger partial charge in [-0.1, -0.05) is 12.1 Å². The molecule has 7 heteroatoms. The quantitative estimate of drug-likeness (QED) is 0.837. The predicted octanol–water partition coefficient (Wildman–Crippen LogP) is 4.35. The van der Waals surface area contributed by atoms with Gasteiger partial charge >= 0.3 is 12.1 Å². The first kappa shape index (κ1) is 15.0. The van der Waals surface area contributed by atoms with E-state index in [0.29, 0.717) is 6.07 Å². The molecule has 0 atom stereocenters. The maximum absolute atomic E-state index is 13.9. The van der Waals surface area contributed by atoms with Gasteiger partial charge in [-0.2, -0.15) is 13.2 Å². The summed E-state index contributed by atoms with van der Waals surface area (Å²) in [5.41, 5.74) is -3.09. The summed E-state index contributed by atoms with van der Waals surface area (Å²) in [6.07, 6.45) is -4.93. The Morgan fingerprint density at radius 2 is 1.67 bits per heavy atom. The summed E-state index contributed by atoms with van der Waals surface area (Å²) in [5.74, 6) is -4.06. The second-order valence-corrected chi connectivity index (χ2v) is 4.16. The summed E-state index contributed by atoms with van der Waals surface area (Å²) < 4.78 is 65.5. The minimum atomic E-state index is -4.93. The summed E-state index contributed by atoms with van der Waals surface area (Å²) in [5, 5.41) is 8.80. The third-order valence-corrected chi connectivity index (χ3v) is 2.81. The average molecular weight is 302 g/mol. The van der Waals surface area contributed by atoms with Gasteiger partial charge in [0.05, 0.1) is 11.1 Å². The smallest absolute Gasteiger partial charge is 0.419 e. The van der Waals surface area contributed by atoms with E-state index in [-0.39, 0.29) is 5.56 Å². The SMILES string of the molecule is O=C(O)c1ccc(F)c(-c2cccc(C(F)(F)F)c2F)c1. The zero-order valence-electron chi connectivity index (χ0n) is 10.2. The summed E-state index contributed by atoms with van der Waals surface area (Å²) in [6.45, 7) is 0. The Bertz CT molecular complexity index is 707. The minimum Gasteiger partial charge on any atom is -0.478 e. The van der Waals surface area contributed by atoms with E-state index < -0.39 is 40.5 Å². The number of halogens is 5. The molecule has 0 amide bonds. The maximum Gasteiger partial charge on any atom is 0.419 e. The van der Waals surface area contributed by atoms with Gasteiger partial charge in [0.25, 0.3) is 0 Å². The van der Waals surface area contributed by atoms with E-state index in [2.05, 4.69) is 0 Å². The molecular formula is C14H7F5O2. The predicted molar refractivity (Wildman–Crippen MR) is 63.8 cm³/mol. The van der Waals surface area contributed by atoms with E-state index >= 15 is 0 Å². The van der Waals surface area contributed by atoms with Crippen LogP contribution in [0.3, 0.4) is 0 Å². The van der Waals surface area contributed by atoms with E-state index in [9.17, 15) is 26.7 Å². The van der Waals surface area contributed by atoms with Crippen molar-refractivity contribution in [2.75, 3.05) is 0 Å². The molecule has 0 aliphatic rings. The lowest BCUT2D eigenvalue weighted by Gasteiger charge is -2.12. The van der Waals surface area contributed by atoms with Crippen molar-refractivity contribution in [2.24, 2.45) is 0 Å². The van der Waals surface area contributed by atoms with Crippen LogP contribution < -0.4 is 0 Å². The molecule has 0 unspecified atom stereocenters. The van der Waals surface area contributed by atoms with E-state index in [1.54, 1.807) is 0 Å². The standard InChI is InChI=1S/C14H7F5O2/c15-11-5-4-7(13(20)21)6-9(11)8-2-1-3-10(12(8)16)14(17,18)19/h1-6H,(H,20,21). The van der Waals surface area contributed by atoms with Crippen LogP contribution in [0.2, 0.25) is 0 Å². The van der Waals surface area contributed by atoms with Crippen LogP contribution in [0.25, 0.3) is 11.1 Å². The van der Waals surface area contributed by atoms with Crippen molar-refractivity contribution in [3.8, 4) is 11.1 Å². The molecule has 0 radical (unpaired) electrons. The highest BCUT2D eigenvalue weighted by molar-refractivity contribution is 5.89. The Morgan fingerprint density at radius 1 is 1.00 bits per heavy atom. The molecule has 21 heavy (non-hydrogen) atoms. The second-order valence-electron chi connectivity index (χ2n) is 4.16. The lowest BCUT2D eigenvalue weighted by atomic mass is 9.99. The van der Waals surface area contributed by atoms with Gasteiger partial charge in [-0.3, -0.25) is 0 Å². The molecule has 1 N–H and O–H groups in total. The molecule has 110 valence electrons. The molecule has 0 heterocycles. The lowest BCUT2D eigenvalue weighted by Crippen LogP contribution is -2.09. The number of alkyl halides is 3. The molecule has 2 rings (SSSR count). The highest BCUT2D eigenvalue weighted by Gasteiger charge is 2.35. The van der Waals surface area contributed by atoms with Gasteiger partial charge in [-0.15, -0.1) is 0 Å². The van der Waals surface area contributed by atoms with Crippen LogP contribution in [0, 0.1) is 11.6 Å². The van der Waals surface area contributed by atoms with Gasteiger partial charge < -0.3 is 5.11 Å². The molecule has 2 aromatic rings. The van der Waals surface area contributed by atoms with E-state index in [0.717, 1.165) is 30.3 Å². The third-order valence-electron chi connectivity index (χ3n) is 2.81. The fourth-order valence-electron chi connectivity index (χ4n) is 1.82. The van der Waals surface area contributed by atoms with E-state index in [4.69, 9.17) is 5.11 Å². The molecule has 0 saturated heterocycles. The van der Waals surface area contributed by atoms with E-state index in [1.165, 1.54) is 0 Å². The molecule has 0 aliphatic heterocycles. The van der Waals surface area contributed by atoms with Gasteiger partial charge in [-0.05, 0) is 24.3 Å². The zero-order valence-corrected chi connectivity index (χ0v) is 10.2. The zero-order chi connectivity index (χ0) is 15.8. The fraction of sp³-hybridized carbons (Fsp3) is 0.0714. The normalized spacial score (nSPS) is 11.5. The van der Waals surface area contributed by atoms with Crippen molar-refractivity contribution in [1.29, 1.82) is 0 Å². The van der Waals surface area contributed by atoms with Crippen molar-refractivity contribution < 1.29 is 31.9 Å². The molecule has 0 spiro atoms. The Morgan fingerprint density at radius 3 is 2.24 bits per heavy atom. The van der Waals surface area contributed by atoms with Crippen LogP contribution in [0.5, 0.6) is 0 Å². The topological polar surface area (TPSA) is 37.3 Å². The van der Waals surface area contributed by atoms with Crippen molar-refractivity contribution in [3.63, 3.8) is 0 Å². The van der Waals surface area contributed by atoms with Crippen LogP contribution in [0.1, 0.15) is 15.9 Å². The molecule has 0 aliphatic carbocycles. The number of benzene rings is 2. The van der Waals surface area contributed by atoms with Crippen molar-refractivity contribution in [2.45, 2.75) is 6.18 Å². The molecule has 0 bridgehead atoms. The number of carboxylic acid groups (broad SMARTS) is 1. The Balaban J connectivity index is 2.68. The number of carbonyl (C=O) groups is 1. The number of aromatic carboxylic acids is 1. The third kappa shape index (κ3) is 2.86. The first-order valence-electron chi connectivity index (χ1n) is 5.60. The summed E-state index contributed by atoms with van der Waals surface area (Å²) in [7, 11) is 0. The Kier molecular flexibility index (Phi) is 3.67. The number of hydrogen-bond acceptors (Lipinski definition) is 1. The van der Waals surface area contributed by atoms with Gasteiger partial charge in [0.2, 0.25) is 0 Å². The van der Waals surface area contributed by atoms with Crippen LogP contribution in [-0.2, 0) is 6.18 Å². The summed E-state index contributed by atoms with van der Waals surface area (Å²) in [6, 6.07) is 4.89. The van der Waals surface area contributed by atoms with Gasteiger partial charge in [0.15, 0.2) is 0 Å². The second kappa shape index (κ2) is 5.16. The lowest BCUT2D eigenvalue weighted by molar-refractivity contribution is -0.139. The molecule has 2 aromatic carbocycles. The van der Waals surface area contributed by atoms with Gasteiger partial charge in [-0.25, -0.2) is 13.6 Å². The number of carboxylic acids is 1. The van der Waals surface area contributed by atoms with Crippen LogP contribution >= 0.6 is 0 Å². The Hall–Kier alpha value is -2.44. The molecule has 0 aromatic heterocycles. The summed E-state index contributed by atoms with van der Waals surface area (Å²) in [4.78, 5) is 10.8. The van der Waals surface area contributed by atoms with Gasteiger partial charge in [0, 0.05) is 11.1 Å². The first-order valence-corrected chi connectivity index (χ1v) is 5.60. The van der Waals surface area contributed by atoms with Crippen LogP contribution in [0.15, 0.2) is 36.4 Å². The highest BCUT2D eigenvalue weighted by atomic mass is 19.4. The molecule has 0 fully saturated rings. The van der Waals surface area contributed by atoms with Crippen LogP contribution in [0.4, 0.5) is 22.0 Å². The number of rotatable bonds is 2. The molecule has 2 nitrogen and oxygen atoms in total. The van der Waals surface area contributed by atoms with Crippen molar-refractivity contribution in [3.05, 3.63) is 59.2 Å². The van der Waals surface area contributed by atoms with Gasteiger partial charge in [0.1, 0.15) is 11.6 Å². The largest absolute Gasteiger partial charge is 0.478 e. The number of hydrogen-bond donors (Lipinski definition) is 1. The highest BCUT2D eigenvalue weighted by Crippen LogP contribution is 2.36. The van der Waals surface area contributed by atoms with Crippen LogP contribution in [-0.4, -0.2) is 11.1 Å². The first-order chi connectivity index (χ1) is 9.71.